The molecule has 0 heterocycles. The van der Waals surface area contributed by atoms with Gasteiger partial charge >= 0.3 is 0 Å². The average Bonchev–Trinajstić information content (AvgIpc) is 3.27. The number of halogens is 2. The zero-order chi connectivity index (χ0) is 17.2. The first-order valence-corrected chi connectivity index (χ1v) is 9.77. The molecule has 0 unspecified atom stereocenters. The molecule has 1 saturated carbocycles. The quantitative estimate of drug-likeness (QED) is 0.791. The van der Waals surface area contributed by atoms with Crippen molar-refractivity contribution in [3.8, 4) is 0 Å². The second-order valence-electron chi connectivity index (χ2n) is 5.74. The van der Waals surface area contributed by atoms with Gasteiger partial charge in [-0.05, 0) is 31.4 Å². The van der Waals surface area contributed by atoms with Crippen molar-refractivity contribution in [1.29, 1.82) is 0 Å². The van der Waals surface area contributed by atoms with Gasteiger partial charge in [-0.25, -0.2) is 13.1 Å². The Kier molecular flexibility index (Phi) is 5.94. The maximum absolute atomic E-state index is 12.5. The number of carbonyl (C=O) groups excluding carboxylic acids is 1. The van der Waals surface area contributed by atoms with E-state index in [0.717, 1.165) is 25.7 Å². The number of carbonyl (C=O) groups is 1. The molecule has 0 bridgehead atoms. The van der Waals surface area contributed by atoms with Crippen LogP contribution in [-0.2, 0) is 10.0 Å². The van der Waals surface area contributed by atoms with E-state index in [0.29, 0.717) is 6.54 Å². The predicted molar refractivity (Wildman–Crippen MR) is 91.7 cm³/mol. The third-order valence-electron chi connectivity index (χ3n) is 3.63. The Balaban J connectivity index is 2.33. The van der Waals surface area contributed by atoms with Crippen molar-refractivity contribution in [2.75, 3.05) is 13.6 Å². The highest BCUT2D eigenvalue weighted by atomic mass is 35.5. The maximum Gasteiger partial charge on any atom is 0.255 e. The lowest BCUT2D eigenvalue weighted by Gasteiger charge is -2.18. The lowest BCUT2D eigenvalue weighted by molar-refractivity contribution is 0.0793. The molecule has 1 amide bonds. The van der Waals surface area contributed by atoms with Gasteiger partial charge in [-0.1, -0.05) is 36.5 Å². The lowest BCUT2D eigenvalue weighted by atomic mass is 10.2. The SMILES string of the molecule is CCCCN(C)C(=O)c1cc(S(=O)(=O)NC2CC2)c(Cl)cc1Cl. The van der Waals surface area contributed by atoms with E-state index in [9.17, 15) is 13.2 Å². The van der Waals surface area contributed by atoms with Crippen LogP contribution in [0.5, 0.6) is 0 Å². The van der Waals surface area contributed by atoms with Crippen molar-refractivity contribution in [2.45, 2.75) is 43.5 Å². The van der Waals surface area contributed by atoms with E-state index >= 15 is 0 Å². The summed E-state index contributed by atoms with van der Waals surface area (Å²) in [6.45, 7) is 2.61. The summed E-state index contributed by atoms with van der Waals surface area (Å²) in [5.41, 5.74) is 0.144. The molecule has 0 spiro atoms. The topological polar surface area (TPSA) is 66.5 Å². The lowest BCUT2D eigenvalue weighted by Crippen LogP contribution is -2.29. The minimum atomic E-state index is -3.75. The van der Waals surface area contributed by atoms with Crippen LogP contribution in [0.1, 0.15) is 43.0 Å². The van der Waals surface area contributed by atoms with Crippen LogP contribution >= 0.6 is 23.2 Å². The summed E-state index contributed by atoms with van der Waals surface area (Å²) in [6, 6.07) is 2.53. The molecule has 1 aliphatic rings. The summed E-state index contributed by atoms with van der Waals surface area (Å²) >= 11 is 12.1. The molecular weight excluding hydrogens is 359 g/mol. The fourth-order valence-electron chi connectivity index (χ4n) is 2.09. The molecule has 1 aromatic carbocycles. The fourth-order valence-corrected chi connectivity index (χ4v) is 4.24. The minimum absolute atomic E-state index is 0.0101. The molecule has 1 fully saturated rings. The number of hydrogen-bond donors (Lipinski definition) is 1. The molecule has 8 heteroatoms. The number of amides is 1. The highest BCUT2D eigenvalue weighted by Gasteiger charge is 2.30. The standard InChI is InChI=1S/C15H20Cl2N2O3S/c1-3-4-7-19(2)15(20)11-8-14(13(17)9-12(11)16)23(21,22)18-10-5-6-10/h8-10,18H,3-7H2,1-2H3. The number of rotatable bonds is 7. The number of hydrogen-bond acceptors (Lipinski definition) is 3. The van der Waals surface area contributed by atoms with Gasteiger partial charge < -0.3 is 4.90 Å². The molecule has 0 radical (unpaired) electrons. The molecule has 128 valence electrons. The van der Waals surface area contributed by atoms with Crippen molar-refractivity contribution in [1.82, 2.24) is 9.62 Å². The molecule has 1 aliphatic carbocycles. The van der Waals surface area contributed by atoms with Crippen molar-refractivity contribution in [3.05, 3.63) is 27.7 Å². The zero-order valence-corrected chi connectivity index (χ0v) is 15.4. The molecule has 0 aliphatic heterocycles. The number of unbranched alkanes of at least 4 members (excludes halogenated alkanes) is 1. The average molecular weight is 379 g/mol. The smallest absolute Gasteiger partial charge is 0.255 e. The van der Waals surface area contributed by atoms with Crippen molar-refractivity contribution in [3.63, 3.8) is 0 Å². The molecule has 5 nitrogen and oxygen atoms in total. The van der Waals surface area contributed by atoms with E-state index in [-0.39, 0.29) is 32.5 Å². The third-order valence-corrected chi connectivity index (χ3v) is 5.93. The number of nitrogens with one attached hydrogen (secondary N) is 1. The molecule has 0 saturated heterocycles. The van der Waals surface area contributed by atoms with Crippen LogP contribution in [0.15, 0.2) is 17.0 Å². The summed E-state index contributed by atoms with van der Waals surface area (Å²) in [6.07, 6.45) is 3.45. The van der Waals surface area contributed by atoms with Gasteiger partial charge in [-0.2, -0.15) is 0 Å². The van der Waals surface area contributed by atoms with Gasteiger partial charge in [0.05, 0.1) is 15.6 Å². The molecular formula is C15H20Cl2N2O3S. The normalized spacial score (nSPS) is 14.8. The van der Waals surface area contributed by atoms with Gasteiger partial charge in [0.25, 0.3) is 5.91 Å². The Bertz CT molecular complexity index is 703. The molecule has 0 aromatic heterocycles. The first-order chi connectivity index (χ1) is 10.8. The van der Waals surface area contributed by atoms with Crippen LogP contribution in [0.4, 0.5) is 0 Å². The molecule has 1 N–H and O–H groups in total. The predicted octanol–water partition coefficient (Wildman–Crippen LogP) is 3.31. The van der Waals surface area contributed by atoms with Gasteiger partial charge in [0.1, 0.15) is 4.90 Å². The second-order valence-corrected chi connectivity index (χ2v) is 8.24. The Labute approximate surface area is 147 Å². The molecule has 23 heavy (non-hydrogen) atoms. The Morgan fingerprint density at radius 1 is 1.30 bits per heavy atom. The van der Waals surface area contributed by atoms with E-state index < -0.39 is 10.0 Å². The Morgan fingerprint density at radius 2 is 1.96 bits per heavy atom. The van der Waals surface area contributed by atoms with E-state index in [1.807, 2.05) is 6.92 Å². The summed E-state index contributed by atoms with van der Waals surface area (Å²) in [5, 5.41) is 0.157. The fraction of sp³-hybridized carbons (Fsp3) is 0.533. The van der Waals surface area contributed by atoms with Gasteiger partial charge in [0, 0.05) is 19.6 Å². The largest absolute Gasteiger partial charge is 0.342 e. The van der Waals surface area contributed by atoms with Crippen molar-refractivity contribution >= 4 is 39.1 Å². The first kappa shape index (κ1) is 18.5. The maximum atomic E-state index is 12.5. The van der Waals surface area contributed by atoms with Crippen molar-refractivity contribution in [2.24, 2.45) is 0 Å². The number of benzene rings is 1. The summed E-state index contributed by atoms with van der Waals surface area (Å²) in [5.74, 6) is -0.317. The highest BCUT2D eigenvalue weighted by molar-refractivity contribution is 7.89. The van der Waals surface area contributed by atoms with Gasteiger partial charge in [0.2, 0.25) is 10.0 Å². The van der Waals surface area contributed by atoms with Crippen molar-refractivity contribution < 1.29 is 13.2 Å². The first-order valence-electron chi connectivity index (χ1n) is 7.53. The molecule has 2 rings (SSSR count). The van der Waals surface area contributed by atoms with Crippen LogP contribution in [0.2, 0.25) is 10.0 Å². The van der Waals surface area contributed by atoms with Crippen LogP contribution < -0.4 is 4.72 Å². The molecule has 1 aromatic rings. The van der Waals surface area contributed by atoms with Crippen LogP contribution in [0, 0.1) is 0 Å². The molecule has 0 atom stereocenters. The van der Waals surface area contributed by atoms with Crippen LogP contribution in [0.25, 0.3) is 0 Å². The van der Waals surface area contributed by atoms with Gasteiger partial charge in [-0.3, -0.25) is 4.79 Å². The zero-order valence-electron chi connectivity index (χ0n) is 13.1. The monoisotopic (exact) mass is 378 g/mol. The number of sulfonamides is 1. The van der Waals surface area contributed by atoms with E-state index in [2.05, 4.69) is 4.72 Å². The van der Waals surface area contributed by atoms with Crippen LogP contribution in [-0.4, -0.2) is 38.9 Å². The van der Waals surface area contributed by atoms with E-state index in [1.54, 1.807) is 7.05 Å². The second kappa shape index (κ2) is 7.38. The third kappa shape index (κ3) is 4.59. The Morgan fingerprint density at radius 3 is 2.52 bits per heavy atom. The van der Waals surface area contributed by atoms with E-state index in [4.69, 9.17) is 23.2 Å². The Hall–Kier alpha value is -0.820. The summed E-state index contributed by atoms with van der Waals surface area (Å²) in [7, 11) is -2.09. The number of nitrogens with zero attached hydrogens (tertiary/aromatic N) is 1. The van der Waals surface area contributed by atoms with E-state index in [1.165, 1.54) is 17.0 Å². The highest BCUT2D eigenvalue weighted by Crippen LogP contribution is 2.31. The van der Waals surface area contributed by atoms with Crippen LogP contribution in [0.3, 0.4) is 0 Å². The van der Waals surface area contributed by atoms with Gasteiger partial charge in [-0.15, -0.1) is 0 Å². The summed E-state index contributed by atoms with van der Waals surface area (Å²) < 4.78 is 27.3. The minimum Gasteiger partial charge on any atom is -0.342 e. The summed E-state index contributed by atoms with van der Waals surface area (Å²) in [4.78, 5) is 13.9. The van der Waals surface area contributed by atoms with Gasteiger partial charge in [0.15, 0.2) is 0 Å².